The second-order valence-corrected chi connectivity index (χ2v) is 11.9. The van der Waals surface area contributed by atoms with Crippen molar-refractivity contribution in [1.82, 2.24) is 34.6 Å². The second-order valence-electron chi connectivity index (χ2n) is 11.9. The fraction of sp³-hybridized carbons (Fsp3) is 0.484. The fourth-order valence-corrected chi connectivity index (χ4v) is 7.64. The zero-order valence-corrected chi connectivity index (χ0v) is 24.3. The number of hydrogen-bond donors (Lipinski definition) is 2. The Labute approximate surface area is 248 Å². The lowest BCUT2D eigenvalue weighted by atomic mass is 9.80. The lowest BCUT2D eigenvalue weighted by Gasteiger charge is -2.43. The molecule has 4 aromatic heterocycles. The lowest BCUT2D eigenvalue weighted by molar-refractivity contribution is 0.0593. The fourth-order valence-electron chi connectivity index (χ4n) is 7.64. The predicted octanol–water partition coefficient (Wildman–Crippen LogP) is 3.60. The van der Waals surface area contributed by atoms with E-state index in [9.17, 15) is 9.50 Å². The number of nitrogens with zero attached hydrogens (tertiary/aromatic N) is 7. The highest BCUT2D eigenvalue weighted by Gasteiger charge is 2.46. The summed E-state index contributed by atoms with van der Waals surface area (Å²) >= 11 is 0. The molecule has 0 saturated heterocycles. The van der Waals surface area contributed by atoms with Gasteiger partial charge in [-0.2, -0.15) is 15.5 Å². The van der Waals surface area contributed by atoms with E-state index in [1.54, 1.807) is 17.8 Å². The van der Waals surface area contributed by atoms with Gasteiger partial charge in [-0.25, -0.2) is 8.91 Å². The van der Waals surface area contributed by atoms with Crippen LogP contribution >= 0.6 is 0 Å². The molecule has 11 nitrogen and oxygen atoms in total. The molecule has 5 heterocycles. The summed E-state index contributed by atoms with van der Waals surface area (Å²) in [7, 11) is 1.57. The summed E-state index contributed by atoms with van der Waals surface area (Å²) in [5.41, 5.74) is 5.01. The third kappa shape index (κ3) is 4.86. The van der Waals surface area contributed by atoms with Crippen LogP contribution in [0.5, 0.6) is 11.5 Å². The molecule has 2 fully saturated rings. The maximum Gasteiger partial charge on any atom is 0.176 e. The molecule has 3 aliphatic rings. The van der Waals surface area contributed by atoms with Crippen molar-refractivity contribution in [1.29, 1.82) is 5.26 Å². The molecule has 224 valence electrons. The van der Waals surface area contributed by atoms with Gasteiger partial charge in [0.25, 0.3) is 0 Å². The van der Waals surface area contributed by atoms with E-state index >= 15 is 0 Å². The molecular formula is C31H35FN8O3. The molecule has 2 unspecified atom stereocenters. The normalized spacial score (nSPS) is 24.0. The number of hydrogen-bond acceptors (Lipinski definition) is 9. The third-order valence-electron chi connectivity index (χ3n) is 9.56. The highest BCUT2D eigenvalue weighted by molar-refractivity contribution is 5.75. The Morgan fingerprint density at radius 2 is 2.00 bits per heavy atom. The van der Waals surface area contributed by atoms with Gasteiger partial charge in [-0.15, -0.1) is 0 Å². The number of nitriles is 1. The standard InChI is InChI=1S/C31H35FN8O3/c1-18-25-15-38(30-19-3-4-20(30)10-23(9-19)35-17-33)7-8-39(25)37-29(18)21-11-26(31-27(42-2)13-36-40(31)14-21)43-28(16-41)24-6-5-22(32)12-34-24/h5-6,11-14,19-20,23,28,30,35,41H,3-4,7-10,15-16H2,1-2H3/t19?,20?,23?,28-,30?/m1/s1. The number of halogens is 1. The van der Waals surface area contributed by atoms with Crippen LogP contribution < -0.4 is 14.8 Å². The second kappa shape index (κ2) is 11.1. The van der Waals surface area contributed by atoms with E-state index in [-0.39, 0.29) is 6.61 Å². The van der Waals surface area contributed by atoms with Gasteiger partial charge < -0.3 is 19.9 Å². The number of methoxy groups -OCH3 is 1. The largest absolute Gasteiger partial charge is 0.493 e. The molecule has 2 bridgehead atoms. The molecule has 43 heavy (non-hydrogen) atoms. The third-order valence-corrected chi connectivity index (χ3v) is 9.56. The van der Waals surface area contributed by atoms with Gasteiger partial charge in [0.2, 0.25) is 0 Å². The molecule has 7 rings (SSSR count). The van der Waals surface area contributed by atoms with Crippen LogP contribution in [0.3, 0.4) is 0 Å². The van der Waals surface area contributed by atoms with Crippen LogP contribution in [0.25, 0.3) is 16.8 Å². The highest BCUT2D eigenvalue weighted by atomic mass is 19.1. The van der Waals surface area contributed by atoms with E-state index in [1.165, 1.54) is 30.7 Å². The Morgan fingerprint density at radius 3 is 2.70 bits per heavy atom. The SMILES string of the molecule is COc1cnn2cc(-c3nn4c(c3C)CN(C3C5CCC3CC(NC#N)C5)CC4)cc(O[C@H](CO)c3ccc(F)cn3)c12. The average molecular weight is 587 g/mol. The highest BCUT2D eigenvalue weighted by Crippen LogP contribution is 2.46. The zero-order valence-electron chi connectivity index (χ0n) is 24.3. The molecule has 2 aliphatic carbocycles. The van der Waals surface area contributed by atoms with Gasteiger partial charge in [-0.05, 0) is 68.2 Å². The van der Waals surface area contributed by atoms with Gasteiger partial charge in [0.15, 0.2) is 29.3 Å². The van der Waals surface area contributed by atoms with E-state index in [1.807, 2.05) is 12.3 Å². The number of fused-ring (bicyclic) bond motifs is 4. The average Bonchev–Trinajstić information content (AvgIpc) is 3.67. The zero-order chi connectivity index (χ0) is 29.7. The van der Waals surface area contributed by atoms with Crippen molar-refractivity contribution >= 4 is 5.52 Å². The quantitative estimate of drug-likeness (QED) is 0.235. The number of aromatic nitrogens is 5. The first-order valence-corrected chi connectivity index (χ1v) is 14.9. The number of aliphatic hydroxyl groups is 1. The van der Waals surface area contributed by atoms with Crippen molar-refractivity contribution < 1.29 is 19.0 Å². The lowest BCUT2D eigenvalue weighted by Crippen LogP contribution is -2.51. The van der Waals surface area contributed by atoms with Crippen molar-refractivity contribution in [2.45, 2.75) is 63.9 Å². The molecule has 0 amide bonds. The van der Waals surface area contributed by atoms with Crippen LogP contribution in [-0.2, 0) is 13.1 Å². The summed E-state index contributed by atoms with van der Waals surface area (Å²) in [6.45, 7) is 4.38. The van der Waals surface area contributed by atoms with Crippen LogP contribution in [0.2, 0.25) is 0 Å². The van der Waals surface area contributed by atoms with E-state index in [4.69, 9.17) is 19.8 Å². The first-order chi connectivity index (χ1) is 21.0. The maximum absolute atomic E-state index is 13.5. The van der Waals surface area contributed by atoms with Crippen molar-refractivity contribution in [3.63, 3.8) is 0 Å². The summed E-state index contributed by atoms with van der Waals surface area (Å²) in [4.78, 5) is 6.77. The summed E-state index contributed by atoms with van der Waals surface area (Å²) < 4.78 is 29.2. The Bertz CT molecular complexity index is 1660. The Balaban J connectivity index is 1.20. The first-order valence-electron chi connectivity index (χ1n) is 14.9. The summed E-state index contributed by atoms with van der Waals surface area (Å²) in [6.07, 6.45) is 10.6. The Morgan fingerprint density at radius 1 is 1.19 bits per heavy atom. The van der Waals surface area contributed by atoms with Crippen molar-refractivity contribution in [2.24, 2.45) is 11.8 Å². The molecule has 2 saturated carbocycles. The van der Waals surface area contributed by atoms with Crippen molar-refractivity contribution in [3.8, 4) is 28.9 Å². The molecule has 1 aliphatic heterocycles. The smallest absolute Gasteiger partial charge is 0.176 e. The number of ether oxygens (including phenoxy) is 2. The minimum atomic E-state index is -0.821. The van der Waals surface area contributed by atoms with Crippen molar-refractivity contribution in [2.75, 3.05) is 20.3 Å². The van der Waals surface area contributed by atoms with Gasteiger partial charge in [0, 0.05) is 36.9 Å². The first kappa shape index (κ1) is 27.6. The molecule has 3 atom stereocenters. The molecule has 0 spiro atoms. The topological polar surface area (TPSA) is 126 Å². The minimum Gasteiger partial charge on any atom is -0.493 e. The van der Waals surface area contributed by atoms with Gasteiger partial charge in [0.05, 0.1) is 49.7 Å². The summed E-state index contributed by atoms with van der Waals surface area (Å²) in [6, 6.07) is 5.55. The van der Waals surface area contributed by atoms with Crippen LogP contribution in [0.15, 0.2) is 36.8 Å². The van der Waals surface area contributed by atoms with Crippen LogP contribution in [-0.4, -0.2) is 66.7 Å². The molecular weight excluding hydrogens is 551 g/mol. The molecule has 0 aromatic carbocycles. The van der Waals surface area contributed by atoms with E-state index in [0.29, 0.717) is 46.6 Å². The number of aliphatic hydroxyl groups excluding tert-OH is 1. The van der Waals surface area contributed by atoms with Gasteiger partial charge in [0.1, 0.15) is 5.82 Å². The summed E-state index contributed by atoms with van der Waals surface area (Å²) in [5.74, 6) is 1.74. The number of nitrogens with one attached hydrogen (secondary N) is 1. The van der Waals surface area contributed by atoms with Gasteiger partial charge >= 0.3 is 0 Å². The summed E-state index contributed by atoms with van der Waals surface area (Å²) in [5, 5.41) is 31.9. The van der Waals surface area contributed by atoms with Crippen LogP contribution in [0, 0.1) is 36.0 Å². The Kier molecular flexibility index (Phi) is 7.15. The minimum absolute atomic E-state index is 0.305. The number of pyridine rings is 2. The van der Waals surface area contributed by atoms with Gasteiger partial charge in [-0.3, -0.25) is 14.6 Å². The number of rotatable bonds is 8. The Hall–Kier alpha value is -4.21. The monoisotopic (exact) mass is 586 g/mol. The molecule has 0 radical (unpaired) electrons. The van der Waals surface area contributed by atoms with E-state index in [2.05, 4.69) is 38.1 Å². The van der Waals surface area contributed by atoms with Crippen LogP contribution in [0.1, 0.15) is 48.7 Å². The predicted molar refractivity (Wildman–Crippen MR) is 155 cm³/mol. The van der Waals surface area contributed by atoms with Crippen molar-refractivity contribution in [3.05, 3.63) is 59.6 Å². The van der Waals surface area contributed by atoms with Gasteiger partial charge in [-0.1, -0.05) is 0 Å². The van der Waals surface area contributed by atoms with E-state index < -0.39 is 11.9 Å². The van der Waals surface area contributed by atoms with Crippen LogP contribution in [0.4, 0.5) is 4.39 Å². The molecule has 12 heteroatoms. The maximum atomic E-state index is 13.5. The molecule has 2 N–H and O–H groups in total. The molecule has 4 aromatic rings. The van der Waals surface area contributed by atoms with E-state index in [0.717, 1.165) is 55.5 Å².